The normalized spacial score (nSPS) is 27.1. The molecule has 0 unspecified atom stereocenters. The molecule has 0 saturated carbocycles. The third-order valence-electron chi connectivity index (χ3n) is 4.96. The lowest BCUT2D eigenvalue weighted by atomic mass is 9.84. The van der Waals surface area contributed by atoms with Gasteiger partial charge in [0.25, 0.3) is 5.91 Å². The predicted octanol–water partition coefficient (Wildman–Crippen LogP) is 1.73. The summed E-state index contributed by atoms with van der Waals surface area (Å²) in [4.78, 5) is 16.9. The zero-order chi connectivity index (χ0) is 16.4. The smallest absolute Gasteiger partial charge is 0.253 e. The van der Waals surface area contributed by atoms with Gasteiger partial charge in [0.2, 0.25) is 0 Å². The Bertz CT molecular complexity index is 561. The van der Waals surface area contributed by atoms with Crippen LogP contribution in [0.4, 0.5) is 0 Å². The Kier molecular flexibility index (Phi) is 4.87. The Hall–Kier alpha value is -1.59. The minimum atomic E-state index is 0.0952. The maximum absolute atomic E-state index is 12.8. The molecule has 2 saturated heterocycles. The first-order chi connectivity index (χ1) is 11.1. The molecular weight excluding hydrogens is 292 g/mol. The predicted molar refractivity (Wildman–Crippen MR) is 88.8 cm³/mol. The molecule has 5 heteroatoms. The molecule has 2 fully saturated rings. The minimum Gasteiger partial charge on any atom is -0.497 e. The summed E-state index contributed by atoms with van der Waals surface area (Å²) in [5.74, 6) is 1.85. The summed E-state index contributed by atoms with van der Waals surface area (Å²) in [6.07, 6.45) is 1.26. The average molecular weight is 318 g/mol. The molecule has 3 atom stereocenters. The molecule has 0 radical (unpaired) electrons. The van der Waals surface area contributed by atoms with Gasteiger partial charge in [0.15, 0.2) is 0 Å². The van der Waals surface area contributed by atoms with Crippen molar-refractivity contribution >= 4 is 5.91 Å². The second-order valence-corrected chi connectivity index (χ2v) is 6.83. The quantitative estimate of drug-likeness (QED) is 0.848. The molecule has 5 nitrogen and oxygen atoms in total. The van der Waals surface area contributed by atoms with E-state index in [2.05, 4.69) is 19.0 Å². The van der Waals surface area contributed by atoms with E-state index in [4.69, 9.17) is 9.47 Å². The van der Waals surface area contributed by atoms with Gasteiger partial charge in [-0.1, -0.05) is 6.07 Å². The monoisotopic (exact) mass is 318 g/mol. The number of ether oxygens (including phenoxy) is 2. The highest BCUT2D eigenvalue weighted by atomic mass is 16.5. The van der Waals surface area contributed by atoms with Gasteiger partial charge in [-0.15, -0.1) is 0 Å². The van der Waals surface area contributed by atoms with Crippen molar-refractivity contribution in [1.29, 1.82) is 0 Å². The fraction of sp³-hybridized carbons (Fsp3) is 0.611. The summed E-state index contributed by atoms with van der Waals surface area (Å²) in [7, 11) is 5.76. The molecule has 3 rings (SSSR count). The molecule has 1 aromatic carbocycles. The van der Waals surface area contributed by atoms with Crippen molar-refractivity contribution in [3.63, 3.8) is 0 Å². The van der Waals surface area contributed by atoms with Crippen LogP contribution in [-0.4, -0.2) is 69.3 Å². The summed E-state index contributed by atoms with van der Waals surface area (Å²) in [6, 6.07) is 7.41. The van der Waals surface area contributed by atoms with E-state index in [-0.39, 0.29) is 12.0 Å². The van der Waals surface area contributed by atoms with Crippen LogP contribution in [0.25, 0.3) is 0 Å². The number of likely N-dealkylation sites (N-methyl/N-ethyl adjacent to an activating group) is 1. The largest absolute Gasteiger partial charge is 0.497 e. The molecule has 23 heavy (non-hydrogen) atoms. The molecule has 2 aliphatic heterocycles. The van der Waals surface area contributed by atoms with Crippen molar-refractivity contribution in [3.8, 4) is 5.75 Å². The molecule has 1 amide bonds. The number of fused-ring (bicyclic) bond motifs is 1. The first kappa shape index (κ1) is 16.3. The molecule has 0 aromatic heterocycles. The van der Waals surface area contributed by atoms with Crippen molar-refractivity contribution in [2.24, 2.45) is 11.8 Å². The number of carbonyl (C=O) groups excluding carboxylic acids is 1. The number of hydrogen-bond acceptors (Lipinski definition) is 4. The molecule has 0 spiro atoms. The van der Waals surface area contributed by atoms with Gasteiger partial charge in [0.1, 0.15) is 5.75 Å². The molecular formula is C18H26N2O3. The maximum Gasteiger partial charge on any atom is 0.253 e. The van der Waals surface area contributed by atoms with Crippen molar-refractivity contribution in [1.82, 2.24) is 9.80 Å². The standard InChI is InChI=1S/C18H26N2O3/c1-19(2)11-17-16-10-20(8-7-14(16)12-23-17)18(21)13-5-4-6-15(9-13)22-3/h4-6,9,14,16-17H,7-8,10-12H2,1-3H3/t14-,16-,17+/m1/s1. The van der Waals surface area contributed by atoms with E-state index < -0.39 is 0 Å². The van der Waals surface area contributed by atoms with Gasteiger partial charge in [-0.05, 0) is 44.6 Å². The molecule has 0 aliphatic carbocycles. The van der Waals surface area contributed by atoms with Gasteiger partial charge in [-0.2, -0.15) is 0 Å². The van der Waals surface area contributed by atoms with Crippen LogP contribution in [0.5, 0.6) is 5.75 Å². The summed E-state index contributed by atoms with van der Waals surface area (Å²) in [5.41, 5.74) is 0.700. The van der Waals surface area contributed by atoms with Crippen LogP contribution in [0.2, 0.25) is 0 Å². The second-order valence-electron chi connectivity index (χ2n) is 6.83. The SMILES string of the molecule is COc1cccc(C(=O)N2CC[C@@H]3CO[C@@H](CN(C)C)[C@@H]3C2)c1. The lowest BCUT2D eigenvalue weighted by Crippen LogP contribution is -2.46. The molecule has 0 N–H and O–H groups in total. The van der Waals surface area contributed by atoms with Crippen LogP contribution in [0.1, 0.15) is 16.8 Å². The first-order valence-corrected chi connectivity index (χ1v) is 8.28. The molecule has 0 bridgehead atoms. The summed E-state index contributed by atoms with van der Waals surface area (Å²) >= 11 is 0. The number of methoxy groups -OCH3 is 1. The fourth-order valence-electron chi connectivity index (χ4n) is 3.70. The van der Waals surface area contributed by atoms with Gasteiger partial charge in [0.05, 0.1) is 19.8 Å². The molecule has 126 valence electrons. The first-order valence-electron chi connectivity index (χ1n) is 8.28. The van der Waals surface area contributed by atoms with E-state index in [0.29, 0.717) is 17.4 Å². The molecule has 2 aliphatic rings. The van der Waals surface area contributed by atoms with Crippen LogP contribution in [0.15, 0.2) is 24.3 Å². The lowest BCUT2D eigenvalue weighted by molar-refractivity contribution is 0.0471. The van der Waals surface area contributed by atoms with E-state index in [1.165, 1.54) is 0 Å². The summed E-state index contributed by atoms with van der Waals surface area (Å²) in [6.45, 7) is 3.36. The van der Waals surface area contributed by atoms with Gasteiger partial charge >= 0.3 is 0 Å². The number of benzene rings is 1. The number of piperidine rings is 1. The summed E-state index contributed by atoms with van der Waals surface area (Å²) < 4.78 is 11.2. The van der Waals surface area contributed by atoms with Gasteiger partial charge in [-0.3, -0.25) is 4.79 Å². The Morgan fingerprint density at radius 3 is 3.00 bits per heavy atom. The van der Waals surface area contributed by atoms with Crippen LogP contribution in [-0.2, 0) is 4.74 Å². The van der Waals surface area contributed by atoms with Crippen LogP contribution in [0.3, 0.4) is 0 Å². The summed E-state index contributed by atoms with van der Waals surface area (Å²) in [5, 5.41) is 0. The zero-order valence-corrected chi connectivity index (χ0v) is 14.2. The van der Waals surface area contributed by atoms with Crippen LogP contribution >= 0.6 is 0 Å². The third-order valence-corrected chi connectivity index (χ3v) is 4.96. The third kappa shape index (κ3) is 3.51. The number of nitrogens with zero attached hydrogens (tertiary/aromatic N) is 2. The Labute approximate surface area is 138 Å². The van der Waals surface area contributed by atoms with Crippen molar-refractivity contribution in [3.05, 3.63) is 29.8 Å². The number of likely N-dealkylation sites (tertiary alicyclic amines) is 1. The van der Waals surface area contributed by atoms with E-state index in [9.17, 15) is 4.79 Å². The molecule has 2 heterocycles. The minimum absolute atomic E-state index is 0.0952. The zero-order valence-electron chi connectivity index (χ0n) is 14.2. The number of amides is 1. The number of hydrogen-bond donors (Lipinski definition) is 0. The van der Waals surface area contributed by atoms with E-state index >= 15 is 0 Å². The van der Waals surface area contributed by atoms with Gasteiger partial charge < -0.3 is 19.3 Å². The number of carbonyl (C=O) groups is 1. The highest BCUT2D eigenvalue weighted by Gasteiger charge is 2.42. The average Bonchev–Trinajstić information content (AvgIpc) is 2.96. The highest BCUT2D eigenvalue weighted by Crippen LogP contribution is 2.35. The highest BCUT2D eigenvalue weighted by molar-refractivity contribution is 5.94. The van der Waals surface area contributed by atoms with E-state index in [0.717, 1.165) is 38.4 Å². The van der Waals surface area contributed by atoms with E-state index in [1.807, 2.05) is 29.2 Å². The Balaban J connectivity index is 1.70. The van der Waals surface area contributed by atoms with E-state index in [1.54, 1.807) is 7.11 Å². The van der Waals surface area contributed by atoms with Crippen LogP contribution in [0, 0.1) is 11.8 Å². The maximum atomic E-state index is 12.8. The van der Waals surface area contributed by atoms with Crippen molar-refractivity contribution in [2.75, 3.05) is 47.4 Å². The fourth-order valence-corrected chi connectivity index (χ4v) is 3.70. The lowest BCUT2D eigenvalue weighted by Gasteiger charge is -2.36. The number of rotatable bonds is 4. The van der Waals surface area contributed by atoms with Crippen molar-refractivity contribution in [2.45, 2.75) is 12.5 Å². The van der Waals surface area contributed by atoms with Crippen LogP contribution < -0.4 is 4.74 Å². The van der Waals surface area contributed by atoms with Gasteiger partial charge in [-0.25, -0.2) is 0 Å². The Morgan fingerprint density at radius 1 is 1.43 bits per heavy atom. The van der Waals surface area contributed by atoms with Gasteiger partial charge in [0, 0.05) is 31.1 Å². The topological polar surface area (TPSA) is 42.0 Å². The molecule has 1 aromatic rings. The Morgan fingerprint density at radius 2 is 2.26 bits per heavy atom. The second kappa shape index (κ2) is 6.89. The van der Waals surface area contributed by atoms with Crippen molar-refractivity contribution < 1.29 is 14.3 Å².